The van der Waals surface area contributed by atoms with Gasteiger partial charge in [-0.15, -0.1) is 0 Å². The monoisotopic (exact) mass is 340 g/mol. The van der Waals surface area contributed by atoms with Gasteiger partial charge in [0.15, 0.2) is 0 Å². The van der Waals surface area contributed by atoms with E-state index in [-0.39, 0.29) is 10.0 Å². The first-order valence-electron chi connectivity index (χ1n) is 6.04. The summed E-state index contributed by atoms with van der Waals surface area (Å²) < 4.78 is 30.1. The summed E-state index contributed by atoms with van der Waals surface area (Å²) in [4.78, 5) is 0. The average molecular weight is 341 g/mol. The molecule has 1 aliphatic heterocycles. The molecule has 0 aromatic rings. The van der Waals surface area contributed by atoms with E-state index in [1.54, 1.807) is 0 Å². The first-order valence-corrected chi connectivity index (χ1v) is 18.1. The minimum atomic E-state index is -2.22. The highest BCUT2D eigenvalue weighted by Gasteiger charge is 2.46. The Labute approximate surface area is 117 Å². The minimum Gasteiger partial charge on any atom is -0.416 e. The lowest BCUT2D eigenvalue weighted by atomic mass is 11.9. The van der Waals surface area contributed by atoms with Crippen molar-refractivity contribution in [1.82, 2.24) is 0 Å². The van der Waals surface area contributed by atoms with Gasteiger partial charge in [0, 0.05) is 0 Å². The van der Waals surface area contributed by atoms with Gasteiger partial charge in [0.1, 0.15) is 0 Å². The zero-order valence-electron chi connectivity index (χ0n) is 12.5. The predicted octanol–water partition coefficient (Wildman–Crippen LogP) is 2.42. The van der Waals surface area contributed by atoms with Crippen LogP contribution in [-0.2, 0) is 20.6 Å². The van der Waals surface area contributed by atoms with Gasteiger partial charge in [-0.2, -0.15) is 0 Å². The molecule has 0 amide bonds. The molecule has 18 heavy (non-hydrogen) atoms. The van der Waals surface area contributed by atoms with E-state index in [1.807, 2.05) is 26.2 Å². The maximum absolute atomic E-state index is 6.22. The third-order valence-corrected chi connectivity index (χ3v) is 18.4. The van der Waals surface area contributed by atoms with E-state index in [4.69, 9.17) is 20.6 Å². The van der Waals surface area contributed by atoms with E-state index in [0.29, 0.717) is 0 Å². The largest absolute Gasteiger partial charge is 0.416 e. The Balaban J connectivity index is 2.94. The first kappa shape index (κ1) is 16.9. The summed E-state index contributed by atoms with van der Waals surface area (Å²) >= 11 is 0. The van der Waals surface area contributed by atoms with Gasteiger partial charge in [0.2, 0.25) is 0 Å². The van der Waals surface area contributed by atoms with Gasteiger partial charge in [-0.25, -0.2) is 0 Å². The van der Waals surface area contributed by atoms with E-state index in [1.165, 1.54) is 0 Å². The molecular weight excluding hydrogens is 317 g/mol. The van der Waals surface area contributed by atoms with Crippen LogP contribution in [0.15, 0.2) is 0 Å². The maximum atomic E-state index is 6.22. The van der Waals surface area contributed by atoms with Crippen molar-refractivity contribution in [2.45, 2.75) is 52.4 Å². The molecule has 0 spiro atoms. The van der Waals surface area contributed by atoms with Gasteiger partial charge in [0.25, 0.3) is 0 Å². The van der Waals surface area contributed by atoms with Crippen molar-refractivity contribution in [2.75, 3.05) is 0 Å². The van der Waals surface area contributed by atoms with Crippen LogP contribution in [0.5, 0.6) is 0 Å². The second kappa shape index (κ2) is 5.35. The van der Waals surface area contributed by atoms with Crippen LogP contribution in [0.2, 0.25) is 52.4 Å². The van der Waals surface area contributed by atoms with Gasteiger partial charge in [-0.05, 0) is 52.4 Å². The first-order chi connectivity index (χ1) is 7.83. The Bertz CT molecular complexity index is 278. The van der Waals surface area contributed by atoms with Crippen molar-refractivity contribution in [3.63, 3.8) is 0 Å². The zero-order valence-corrected chi connectivity index (χ0v) is 17.5. The summed E-state index contributed by atoms with van der Waals surface area (Å²) in [5.41, 5.74) is 0. The van der Waals surface area contributed by atoms with Gasteiger partial charge in [-0.3, -0.25) is 0 Å². The van der Waals surface area contributed by atoms with Crippen LogP contribution < -0.4 is 0 Å². The molecule has 0 atom stereocenters. The Kier molecular flexibility index (Phi) is 5.03. The smallest absolute Gasteiger partial charge is 0.413 e. The van der Waals surface area contributed by atoms with Crippen LogP contribution in [0, 0.1) is 0 Å². The summed E-state index contributed by atoms with van der Waals surface area (Å²) in [6.45, 7) is 16.4. The van der Waals surface area contributed by atoms with Crippen molar-refractivity contribution in [2.24, 2.45) is 0 Å². The second-order valence-electron chi connectivity index (χ2n) is 6.19. The molecule has 10 heteroatoms. The highest BCUT2D eigenvalue weighted by atomic mass is 28.5. The van der Waals surface area contributed by atoms with Crippen LogP contribution in [0.25, 0.3) is 0 Å². The van der Waals surface area contributed by atoms with E-state index >= 15 is 0 Å². The summed E-state index contributed by atoms with van der Waals surface area (Å²) in [7, 11) is -8.78. The molecule has 1 rings (SSSR count). The van der Waals surface area contributed by atoms with E-state index < -0.39 is 34.2 Å². The Hall–Kier alpha value is 0.884. The van der Waals surface area contributed by atoms with Crippen LogP contribution in [-0.4, -0.2) is 44.3 Å². The van der Waals surface area contributed by atoms with E-state index in [0.717, 1.165) is 0 Å². The summed E-state index contributed by atoms with van der Waals surface area (Å²) in [5, 5.41) is 0. The summed E-state index contributed by atoms with van der Waals surface area (Å²) in [5.74, 6) is 0. The third-order valence-electron chi connectivity index (χ3n) is 2.05. The molecule has 1 fully saturated rings. The van der Waals surface area contributed by atoms with Crippen LogP contribution in [0.1, 0.15) is 0 Å². The van der Waals surface area contributed by atoms with Crippen molar-refractivity contribution in [3.05, 3.63) is 0 Å². The molecule has 0 unspecified atom stereocenters. The average Bonchev–Trinajstić information content (AvgIpc) is 1.91. The van der Waals surface area contributed by atoms with Crippen LogP contribution >= 0.6 is 0 Å². The number of hydrogen-bond acceptors (Lipinski definition) is 5. The molecular formula is C8H24O5Si5. The van der Waals surface area contributed by atoms with Gasteiger partial charge < -0.3 is 20.6 Å². The lowest BCUT2D eigenvalue weighted by Crippen LogP contribution is -2.59. The van der Waals surface area contributed by atoms with Crippen LogP contribution in [0.4, 0.5) is 0 Å². The van der Waals surface area contributed by atoms with E-state index in [2.05, 4.69) is 26.2 Å². The normalized spacial score (nSPS) is 30.7. The second-order valence-corrected chi connectivity index (χ2v) is 21.6. The molecule has 2 radical (unpaired) electrons. The van der Waals surface area contributed by atoms with Gasteiger partial charge in [0.05, 0.1) is 0 Å². The SMILES string of the molecule is C[Si]1(C)O[Si]O[Si](C)(C)O[Si](C)(C)O[Si](C)(C)O1. The van der Waals surface area contributed by atoms with Crippen molar-refractivity contribution < 1.29 is 20.6 Å². The summed E-state index contributed by atoms with van der Waals surface area (Å²) in [6.07, 6.45) is 0. The molecule has 0 aliphatic carbocycles. The maximum Gasteiger partial charge on any atom is 0.413 e. The minimum absolute atomic E-state index is 0.000000000000000222. The molecule has 0 N–H and O–H groups in total. The summed E-state index contributed by atoms with van der Waals surface area (Å²) in [6, 6.07) is 0. The molecule has 1 heterocycles. The number of hydrogen-bond donors (Lipinski definition) is 0. The molecule has 1 saturated heterocycles. The Morgan fingerprint density at radius 3 is 1.11 bits per heavy atom. The highest BCUT2D eigenvalue weighted by molar-refractivity contribution is 6.89. The molecule has 0 bridgehead atoms. The lowest BCUT2D eigenvalue weighted by molar-refractivity contribution is 0.257. The van der Waals surface area contributed by atoms with Gasteiger partial charge >= 0.3 is 44.3 Å². The van der Waals surface area contributed by atoms with Crippen molar-refractivity contribution in [1.29, 1.82) is 0 Å². The standard InChI is InChI=1S/C8H24O5Si5/c1-15(2)9-14-10-16(3,4)12-18(7,8)13-17(5,6)11-15/h1-8H3. The highest BCUT2D eigenvalue weighted by Crippen LogP contribution is 2.25. The van der Waals surface area contributed by atoms with Crippen LogP contribution in [0.3, 0.4) is 0 Å². The topological polar surface area (TPSA) is 46.2 Å². The Morgan fingerprint density at radius 2 is 0.778 bits per heavy atom. The van der Waals surface area contributed by atoms with Crippen molar-refractivity contribution >= 4 is 44.3 Å². The molecule has 0 aromatic heterocycles. The number of rotatable bonds is 0. The van der Waals surface area contributed by atoms with Crippen molar-refractivity contribution in [3.8, 4) is 0 Å². The fourth-order valence-corrected chi connectivity index (χ4v) is 20.6. The zero-order chi connectivity index (χ0) is 14.2. The molecule has 1 aliphatic rings. The van der Waals surface area contributed by atoms with E-state index in [9.17, 15) is 0 Å². The fourth-order valence-electron chi connectivity index (χ4n) is 2.08. The fraction of sp³-hybridized carbons (Fsp3) is 1.00. The molecule has 0 aromatic carbocycles. The molecule has 0 saturated carbocycles. The molecule has 5 nitrogen and oxygen atoms in total. The third kappa shape index (κ3) is 5.89. The Morgan fingerprint density at radius 1 is 0.500 bits per heavy atom. The lowest BCUT2D eigenvalue weighted by Gasteiger charge is -2.42. The van der Waals surface area contributed by atoms with Gasteiger partial charge in [-0.1, -0.05) is 0 Å². The quantitative estimate of drug-likeness (QED) is 0.634. The predicted molar refractivity (Wildman–Crippen MR) is 81.1 cm³/mol. The molecule has 106 valence electrons.